The fraction of sp³-hybridized carbons (Fsp3) is 0.154. The number of hydrogen-bond donors (Lipinski definition) is 2. The van der Waals surface area contributed by atoms with E-state index in [1.165, 1.54) is 22.3 Å². The van der Waals surface area contributed by atoms with Crippen LogP contribution in [0.5, 0.6) is 5.75 Å². The number of allylic oxidation sites excluding steroid dienone is 2. The lowest BCUT2D eigenvalue weighted by molar-refractivity contribution is 0.113. The van der Waals surface area contributed by atoms with Gasteiger partial charge in [0.15, 0.2) is 0 Å². The summed E-state index contributed by atoms with van der Waals surface area (Å²) < 4.78 is 2.03. The number of phenolic OH excluding ortho intramolecular Hbond substituents is 1. The van der Waals surface area contributed by atoms with E-state index < -0.39 is 11.0 Å². The van der Waals surface area contributed by atoms with E-state index in [-0.39, 0.29) is 5.75 Å². The highest BCUT2D eigenvalue weighted by Crippen LogP contribution is 2.58. The second-order valence-corrected chi connectivity index (χ2v) is 10.1. The van der Waals surface area contributed by atoms with Crippen LogP contribution in [0.3, 0.4) is 0 Å². The third-order valence-electron chi connectivity index (χ3n) is 6.15. The van der Waals surface area contributed by atoms with Gasteiger partial charge in [-0.05, 0) is 83.1 Å². The number of aromatic hydroxyl groups is 1. The van der Waals surface area contributed by atoms with Crippen molar-refractivity contribution in [1.82, 2.24) is 0 Å². The molecule has 2 N–H and O–H groups in total. The molecule has 4 heteroatoms. The number of fused-ring (bicyclic) bond motifs is 3. The Balaban J connectivity index is 1.91. The Morgan fingerprint density at radius 1 is 0.833 bits per heavy atom. The summed E-state index contributed by atoms with van der Waals surface area (Å²) in [5, 5.41) is 20.5. The van der Waals surface area contributed by atoms with Crippen LogP contribution >= 0.6 is 31.9 Å². The molecule has 0 radical (unpaired) electrons. The van der Waals surface area contributed by atoms with Crippen LogP contribution in [0.2, 0.25) is 0 Å². The molecule has 0 saturated heterocycles. The third-order valence-corrected chi connectivity index (χ3v) is 7.14. The Morgan fingerprint density at radius 3 is 1.90 bits per heavy atom. The molecule has 0 heterocycles. The molecule has 0 aliphatic heterocycles. The minimum absolute atomic E-state index is 0.243. The predicted molar refractivity (Wildman–Crippen MR) is 128 cm³/mol. The van der Waals surface area contributed by atoms with E-state index in [1.54, 1.807) is 12.1 Å². The van der Waals surface area contributed by atoms with Gasteiger partial charge < -0.3 is 10.2 Å². The van der Waals surface area contributed by atoms with Gasteiger partial charge >= 0.3 is 0 Å². The Kier molecular flexibility index (Phi) is 4.58. The van der Waals surface area contributed by atoms with E-state index in [0.717, 1.165) is 20.1 Å². The minimum atomic E-state index is -0.849. The van der Waals surface area contributed by atoms with Gasteiger partial charge in [-0.3, -0.25) is 0 Å². The van der Waals surface area contributed by atoms with Crippen molar-refractivity contribution < 1.29 is 10.2 Å². The molecule has 2 nitrogen and oxygen atoms in total. The van der Waals surface area contributed by atoms with Crippen LogP contribution in [0.15, 0.2) is 93.4 Å². The number of aliphatic hydroxyl groups is 1. The maximum Gasteiger partial charge on any atom is 0.115 e. The molecule has 30 heavy (non-hydrogen) atoms. The summed E-state index contributed by atoms with van der Waals surface area (Å²) in [5.74, 6) is 0.243. The first kappa shape index (κ1) is 19.8. The molecule has 5 rings (SSSR count). The van der Waals surface area contributed by atoms with Gasteiger partial charge in [0.25, 0.3) is 0 Å². The van der Waals surface area contributed by atoms with Crippen molar-refractivity contribution in [2.24, 2.45) is 0 Å². The summed E-state index contributed by atoms with van der Waals surface area (Å²) >= 11 is 7.35. The molecule has 3 aromatic rings. The van der Waals surface area contributed by atoms with Crippen molar-refractivity contribution in [3.05, 3.63) is 110 Å². The molecule has 1 atom stereocenters. The molecule has 0 spiro atoms. The lowest BCUT2D eigenvalue weighted by Gasteiger charge is -2.37. The van der Waals surface area contributed by atoms with Crippen LogP contribution < -0.4 is 0 Å². The van der Waals surface area contributed by atoms with Crippen molar-refractivity contribution in [3.63, 3.8) is 0 Å². The van der Waals surface area contributed by atoms with Crippen molar-refractivity contribution >= 4 is 31.9 Å². The van der Waals surface area contributed by atoms with Crippen molar-refractivity contribution in [2.45, 2.75) is 24.4 Å². The van der Waals surface area contributed by atoms with Gasteiger partial charge in [0.2, 0.25) is 0 Å². The van der Waals surface area contributed by atoms with E-state index in [0.29, 0.717) is 6.42 Å². The maximum atomic E-state index is 10.5. The van der Waals surface area contributed by atoms with E-state index in [1.807, 2.05) is 25.1 Å². The molecule has 2 aliphatic rings. The van der Waals surface area contributed by atoms with Crippen molar-refractivity contribution in [2.75, 3.05) is 0 Å². The highest BCUT2D eigenvalue weighted by atomic mass is 79.9. The number of halogens is 2. The normalized spacial score (nSPS) is 21.1. The average Bonchev–Trinajstić information content (AvgIpc) is 2.98. The predicted octanol–water partition coefficient (Wildman–Crippen LogP) is 6.87. The zero-order chi connectivity index (χ0) is 21.1. The number of benzene rings is 3. The van der Waals surface area contributed by atoms with Crippen LogP contribution in [-0.4, -0.2) is 15.8 Å². The molecule has 150 valence electrons. The zero-order valence-electron chi connectivity index (χ0n) is 16.4. The van der Waals surface area contributed by atoms with Gasteiger partial charge in [0.1, 0.15) is 5.75 Å². The van der Waals surface area contributed by atoms with Crippen LogP contribution in [0.1, 0.15) is 30.0 Å². The summed E-state index contributed by atoms with van der Waals surface area (Å²) in [6, 6.07) is 20.3. The number of rotatable bonds is 2. The Labute approximate surface area is 192 Å². The van der Waals surface area contributed by atoms with E-state index >= 15 is 0 Å². The molecular formula is C26H20Br2O2. The van der Waals surface area contributed by atoms with E-state index in [2.05, 4.69) is 80.4 Å². The lowest BCUT2D eigenvalue weighted by atomic mass is 9.65. The molecule has 1 unspecified atom stereocenters. The average molecular weight is 524 g/mol. The van der Waals surface area contributed by atoms with Gasteiger partial charge in [-0.15, -0.1) is 0 Å². The highest BCUT2D eigenvalue weighted by Gasteiger charge is 2.47. The summed E-state index contributed by atoms with van der Waals surface area (Å²) in [7, 11) is 0. The molecule has 3 aromatic carbocycles. The number of phenols is 1. The Bertz CT molecular complexity index is 1170. The van der Waals surface area contributed by atoms with Crippen molar-refractivity contribution in [1.29, 1.82) is 0 Å². The fourth-order valence-corrected chi connectivity index (χ4v) is 5.49. The summed E-state index contributed by atoms with van der Waals surface area (Å²) in [6.45, 7) is 1.83. The van der Waals surface area contributed by atoms with Crippen LogP contribution in [0.4, 0.5) is 0 Å². The second-order valence-electron chi connectivity index (χ2n) is 8.23. The van der Waals surface area contributed by atoms with Crippen molar-refractivity contribution in [3.8, 4) is 16.9 Å². The second kappa shape index (κ2) is 6.94. The van der Waals surface area contributed by atoms with Gasteiger partial charge in [0, 0.05) is 8.95 Å². The highest BCUT2D eigenvalue weighted by molar-refractivity contribution is 9.10. The topological polar surface area (TPSA) is 40.5 Å². The monoisotopic (exact) mass is 522 g/mol. The van der Waals surface area contributed by atoms with Gasteiger partial charge in [-0.2, -0.15) is 0 Å². The van der Waals surface area contributed by atoms with E-state index in [4.69, 9.17) is 0 Å². The van der Waals surface area contributed by atoms with Crippen LogP contribution in [-0.2, 0) is 5.41 Å². The van der Waals surface area contributed by atoms with Crippen LogP contribution in [0.25, 0.3) is 11.1 Å². The molecule has 0 fully saturated rings. The Morgan fingerprint density at radius 2 is 1.40 bits per heavy atom. The standard InChI is InChI=1S/C26H20Br2O2/c1-25(30)12-10-17(11-13-25)26(16-2-6-20(29)7-3-16)23-14-18(27)4-8-21(23)22-9-5-19(28)15-24(22)26/h2-12,14-15,29-30H,13H2,1H3. The molecular weight excluding hydrogens is 504 g/mol. The first-order valence-corrected chi connectivity index (χ1v) is 11.4. The quantitative estimate of drug-likeness (QED) is 0.384. The minimum Gasteiger partial charge on any atom is -0.508 e. The molecule has 0 amide bonds. The first-order valence-electron chi connectivity index (χ1n) is 9.83. The summed E-state index contributed by atoms with van der Waals surface area (Å²) in [6.07, 6.45) is 6.63. The maximum absolute atomic E-state index is 10.5. The van der Waals surface area contributed by atoms with Gasteiger partial charge in [0.05, 0.1) is 11.0 Å². The SMILES string of the molecule is CC1(O)C=CC(C2(c3ccc(O)cc3)c3cc(Br)ccc3-c3ccc(Br)cc32)=CC1. The van der Waals surface area contributed by atoms with E-state index in [9.17, 15) is 10.2 Å². The molecule has 0 saturated carbocycles. The van der Waals surface area contributed by atoms with Crippen LogP contribution in [0, 0.1) is 0 Å². The largest absolute Gasteiger partial charge is 0.508 e. The fourth-order valence-electron chi connectivity index (χ4n) is 4.77. The third kappa shape index (κ3) is 2.93. The van der Waals surface area contributed by atoms with Gasteiger partial charge in [-0.25, -0.2) is 0 Å². The molecule has 2 aliphatic carbocycles. The zero-order valence-corrected chi connectivity index (χ0v) is 19.5. The van der Waals surface area contributed by atoms with Gasteiger partial charge in [-0.1, -0.05) is 74.4 Å². The summed E-state index contributed by atoms with van der Waals surface area (Å²) in [5.41, 5.74) is 5.57. The lowest BCUT2D eigenvalue weighted by Crippen LogP contribution is -2.32. The molecule has 0 aromatic heterocycles. The first-order chi connectivity index (χ1) is 14.3. The smallest absolute Gasteiger partial charge is 0.115 e. The number of hydrogen-bond acceptors (Lipinski definition) is 2. The Hall–Kier alpha value is -2.14. The summed E-state index contributed by atoms with van der Waals surface area (Å²) in [4.78, 5) is 0. The molecule has 0 bridgehead atoms.